The Balaban J connectivity index is 1.98. The van der Waals surface area contributed by atoms with Gasteiger partial charge < -0.3 is 10.1 Å². The maximum Gasteiger partial charge on any atom is 0.257 e. The monoisotopic (exact) mass is 286 g/mol. The molecule has 2 aromatic rings. The molecule has 0 aromatic heterocycles. The first-order valence-electron chi connectivity index (χ1n) is 6.00. The number of rotatable bonds is 3. The first-order chi connectivity index (χ1) is 9.69. The van der Waals surface area contributed by atoms with Crippen molar-refractivity contribution in [3.63, 3.8) is 0 Å². The molecule has 0 spiro atoms. The summed E-state index contributed by atoms with van der Waals surface area (Å²) in [6.45, 7) is 0. The predicted octanol–water partition coefficient (Wildman–Crippen LogP) is 2.82. The van der Waals surface area contributed by atoms with Crippen LogP contribution >= 0.6 is 12.2 Å². The van der Waals surface area contributed by atoms with Crippen LogP contribution in [0.5, 0.6) is 5.75 Å². The summed E-state index contributed by atoms with van der Waals surface area (Å²) in [6, 6.07) is 16.3. The van der Waals surface area contributed by atoms with Gasteiger partial charge in [-0.05, 0) is 42.5 Å². The van der Waals surface area contributed by atoms with E-state index in [1.54, 1.807) is 31.4 Å². The van der Waals surface area contributed by atoms with Gasteiger partial charge in [0, 0.05) is 11.3 Å². The van der Waals surface area contributed by atoms with Crippen molar-refractivity contribution in [1.82, 2.24) is 5.32 Å². The lowest BCUT2D eigenvalue weighted by atomic mass is 10.2. The average Bonchev–Trinajstić information content (AvgIpc) is 2.48. The number of methoxy groups -OCH3 is 1. The summed E-state index contributed by atoms with van der Waals surface area (Å²) in [5.41, 5.74) is 1.31. The number of carbonyl (C=O) groups excluding carboxylic acids is 1. The highest BCUT2D eigenvalue weighted by Gasteiger charge is 2.08. The van der Waals surface area contributed by atoms with Crippen molar-refractivity contribution < 1.29 is 9.53 Å². The van der Waals surface area contributed by atoms with Crippen LogP contribution in [0, 0.1) is 0 Å². The number of anilines is 1. The van der Waals surface area contributed by atoms with E-state index in [0.29, 0.717) is 11.3 Å². The van der Waals surface area contributed by atoms with Gasteiger partial charge in [-0.25, -0.2) is 0 Å². The zero-order valence-electron chi connectivity index (χ0n) is 10.9. The van der Waals surface area contributed by atoms with E-state index in [-0.39, 0.29) is 11.0 Å². The van der Waals surface area contributed by atoms with Gasteiger partial charge in [-0.15, -0.1) is 0 Å². The van der Waals surface area contributed by atoms with Crippen molar-refractivity contribution in [2.24, 2.45) is 0 Å². The molecule has 20 heavy (non-hydrogen) atoms. The standard InChI is InChI=1S/C15H14N2O2S/c1-19-13-9-5-6-11(10-13)14(18)17-15(20)16-12-7-3-2-4-8-12/h2-10H,1H3,(H2,16,17,18,20). The van der Waals surface area contributed by atoms with Crippen LogP contribution < -0.4 is 15.4 Å². The Labute approximate surface area is 122 Å². The molecule has 0 atom stereocenters. The summed E-state index contributed by atoms with van der Waals surface area (Å²) in [7, 11) is 1.55. The van der Waals surface area contributed by atoms with Crippen LogP contribution in [0.2, 0.25) is 0 Å². The molecule has 2 aromatic carbocycles. The lowest BCUT2D eigenvalue weighted by Crippen LogP contribution is -2.34. The van der Waals surface area contributed by atoms with Crippen molar-refractivity contribution in [2.45, 2.75) is 0 Å². The molecule has 4 nitrogen and oxygen atoms in total. The number of nitrogens with one attached hydrogen (secondary N) is 2. The van der Waals surface area contributed by atoms with E-state index in [1.165, 1.54) is 0 Å². The molecule has 0 saturated heterocycles. The Morgan fingerprint density at radius 2 is 1.85 bits per heavy atom. The first-order valence-corrected chi connectivity index (χ1v) is 6.41. The number of para-hydroxylation sites is 1. The second-order valence-corrected chi connectivity index (χ2v) is 4.41. The molecule has 0 heterocycles. The van der Waals surface area contributed by atoms with Gasteiger partial charge in [0.2, 0.25) is 0 Å². The molecule has 102 valence electrons. The number of benzene rings is 2. The summed E-state index contributed by atoms with van der Waals surface area (Å²) in [5.74, 6) is 0.344. The normalized spacial score (nSPS) is 9.65. The highest BCUT2D eigenvalue weighted by atomic mass is 32.1. The Bertz CT molecular complexity index is 614. The third kappa shape index (κ3) is 3.80. The Hall–Kier alpha value is -2.40. The highest BCUT2D eigenvalue weighted by molar-refractivity contribution is 7.80. The number of ether oxygens (including phenoxy) is 1. The highest BCUT2D eigenvalue weighted by Crippen LogP contribution is 2.12. The minimum atomic E-state index is -0.280. The largest absolute Gasteiger partial charge is 0.497 e. The number of carbonyl (C=O) groups is 1. The molecule has 1 amide bonds. The molecule has 5 heteroatoms. The third-order valence-electron chi connectivity index (χ3n) is 2.59. The number of thiocarbonyl (C=S) groups is 1. The van der Waals surface area contributed by atoms with E-state index in [1.807, 2.05) is 30.3 Å². The van der Waals surface area contributed by atoms with Crippen LogP contribution in [0.4, 0.5) is 5.69 Å². The fourth-order valence-electron chi connectivity index (χ4n) is 1.62. The van der Waals surface area contributed by atoms with Crippen LogP contribution in [-0.4, -0.2) is 18.1 Å². The molecular formula is C15H14N2O2S. The van der Waals surface area contributed by atoms with Crippen molar-refractivity contribution in [3.8, 4) is 5.75 Å². The SMILES string of the molecule is COc1cccc(C(=O)NC(=S)Nc2ccccc2)c1. The third-order valence-corrected chi connectivity index (χ3v) is 2.79. The molecule has 0 radical (unpaired) electrons. The van der Waals surface area contributed by atoms with E-state index in [4.69, 9.17) is 17.0 Å². The summed E-state index contributed by atoms with van der Waals surface area (Å²) < 4.78 is 5.08. The summed E-state index contributed by atoms with van der Waals surface area (Å²) in [4.78, 5) is 12.0. The Kier molecular flexibility index (Phi) is 4.68. The topological polar surface area (TPSA) is 50.4 Å². The molecule has 0 fully saturated rings. The van der Waals surface area contributed by atoms with Crippen molar-refractivity contribution >= 4 is 28.9 Å². The van der Waals surface area contributed by atoms with Gasteiger partial charge in [0.25, 0.3) is 5.91 Å². The molecule has 2 N–H and O–H groups in total. The number of amides is 1. The molecule has 0 saturated carbocycles. The molecular weight excluding hydrogens is 272 g/mol. The van der Waals surface area contributed by atoms with Gasteiger partial charge in [0.1, 0.15) is 5.75 Å². The van der Waals surface area contributed by atoms with Crippen molar-refractivity contribution in [1.29, 1.82) is 0 Å². The van der Waals surface area contributed by atoms with Crippen molar-refractivity contribution in [3.05, 3.63) is 60.2 Å². The number of hydrogen-bond donors (Lipinski definition) is 2. The number of hydrogen-bond acceptors (Lipinski definition) is 3. The fraction of sp³-hybridized carbons (Fsp3) is 0.0667. The Morgan fingerprint density at radius 1 is 1.10 bits per heavy atom. The molecule has 2 rings (SSSR count). The second-order valence-electron chi connectivity index (χ2n) is 4.01. The maximum atomic E-state index is 12.0. The first kappa shape index (κ1) is 14.0. The smallest absolute Gasteiger partial charge is 0.257 e. The van der Waals surface area contributed by atoms with Crippen LogP contribution in [-0.2, 0) is 0 Å². The van der Waals surface area contributed by atoms with E-state index in [0.717, 1.165) is 5.69 Å². The lowest BCUT2D eigenvalue weighted by Gasteiger charge is -2.10. The summed E-state index contributed by atoms with van der Waals surface area (Å²) in [6.07, 6.45) is 0. The van der Waals surface area contributed by atoms with Gasteiger partial charge >= 0.3 is 0 Å². The zero-order chi connectivity index (χ0) is 14.4. The molecule has 0 aliphatic heterocycles. The van der Waals surface area contributed by atoms with Crippen LogP contribution in [0.15, 0.2) is 54.6 Å². The second kappa shape index (κ2) is 6.68. The lowest BCUT2D eigenvalue weighted by molar-refractivity contribution is 0.0977. The van der Waals surface area contributed by atoms with Gasteiger partial charge in [-0.2, -0.15) is 0 Å². The van der Waals surface area contributed by atoms with E-state index in [2.05, 4.69) is 10.6 Å². The summed E-state index contributed by atoms with van der Waals surface area (Å²) in [5, 5.41) is 5.81. The van der Waals surface area contributed by atoms with Gasteiger partial charge in [0.15, 0.2) is 5.11 Å². The van der Waals surface area contributed by atoms with Gasteiger partial charge in [-0.1, -0.05) is 24.3 Å². The van der Waals surface area contributed by atoms with E-state index >= 15 is 0 Å². The minimum absolute atomic E-state index is 0.254. The van der Waals surface area contributed by atoms with Crippen LogP contribution in [0.1, 0.15) is 10.4 Å². The molecule has 0 unspecified atom stereocenters. The van der Waals surface area contributed by atoms with Gasteiger partial charge in [0.05, 0.1) is 7.11 Å². The zero-order valence-corrected chi connectivity index (χ0v) is 11.7. The fourth-order valence-corrected chi connectivity index (χ4v) is 1.83. The minimum Gasteiger partial charge on any atom is -0.497 e. The van der Waals surface area contributed by atoms with Crippen LogP contribution in [0.3, 0.4) is 0 Å². The van der Waals surface area contributed by atoms with Crippen LogP contribution in [0.25, 0.3) is 0 Å². The average molecular weight is 286 g/mol. The van der Waals surface area contributed by atoms with E-state index in [9.17, 15) is 4.79 Å². The molecule has 0 aliphatic rings. The molecule has 0 bridgehead atoms. The Morgan fingerprint density at radius 3 is 2.55 bits per heavy atom. The van der Waals surface area contributed by atoms with Gasteiger partial charge in [-0.3, -0.25) is 10.1 Å². The van der Waals surface area contributed by atoms with Crippen molar-refractivity contribution in [2.75, 3.05) is 12.4 Å². The predicted molar refractivity (Wildman–Crippen MR) is 83.1 cm³/mol. The quantitative estimate of drug-likeness (QED) is 0.852. The summed E-state index contributed by atoms with van der Waals surface area (Å²) >= 11 is 5.10. The molecule has 0 aliphatic carbocycles. The van der Waals surface area contributed by atoms with E-state index < -0.39 is 0 Å². The maximum absolute atomic E-state index is 12.0.